The van der Waals surface area contributed by atoms with Crippen LogP contribution in [0, 0.1) is 0 Å². The van der Waals surface area contributed by atoms with E-state index in [2.05, 4.69) is 4.72 Å². The molecule has 0 amide bonds. The van der Waals surface area contributed by atoms with Crippen LogP contribution in [0.15, 0.2) is 18.2 Å². The number of hydrogen-bond acceptors (Lipinski definition) is 4. The van der Waals surface area contributed by atoms with Gasteiger partial charge >= 0.3 is 5.97 Å². The molecule has 0 aliphatic heterocycles. The molecule has 0 radical (unpaired) electrons. The molecule has 0 aliphatic rings. The van der Waals surface area contributed by atoms with E-state index in [1.165, 1.54) is 7.11 Å². The number of carbonyl (C=O) groups is 1. The number of anilines is 1. The molecular formula is C14H21NO5S. The van der Waals surface area contributed by atoms with Crippen molar-refractivity contribution >= 4 is 21.7 Å². The highest BCUT2D eigenvalue weighted by Gasteiger charge is 2.19. The molecule has 0 heterocycles. The second kappa shape index (κ2) is 6.34. The molecule has 0 saturated carbocycles. The minimum absolute atomic E-state index is 0.145. The van der Waals surface area contributed by atoms with Crippen molar-refractivity contribution in [3.8, 4) is 5.75 Å². The molecule has 6 nitrogen and oxygen atoms in total. The predicted octanol–water partition coefficient (Wildman–Crippen LogP) is 2.21. The van der Waals surface area contributed by atoms with Crippen LogP contribution in [-0.4, -0.2) is 32.4 Å². The lowest BCUT2D eigenvalue weighted by Gasteiger charge is -2.21. The van der Waals surface area contributed by atoms with E-state index in [0.717, 1.165) is 5.56 Å². The zero-order valence-corrected chi connectivity index (χ0v) is 13.5. The van der Waals surface area contributed by atoms with Gasteiger partial charge in [0, 0.05) is 0 Å². The van der Waals surface area contributed by atoms with Crippen LogP contribution in [0.1, 0.15) is 32.8 Å². The van der Waals surface area contributed by atoms with Crippen molar-refractivity contribution in [1.82, 2.24) is 0 Å². The molecule has 1 aromatic rings. The van der Waals surface area contributed by atoms with Crippen molar-refractivity contribution in [1.29, 1.82) is 0 Å². The van der Waals surface area contributed by atoms with Gasteiger partial charge in [-0.25, -0.2) is 8.42 Å². The van der Waals surface area contributed by atoms with Crippen molar-refractivity contribution in [3.05, 3.63) is 23.8 Å². The average molecular weight is 315 g/mol. The van der Waals surface area contributed by atoms with E-state index in [4.69, 9.17) is 9.84 Å². The summed E-state index contributed by atoms with van der Waals surface area (Å²) in [5.74, 6) is -1.25. The lowest BCUT2D eigenvalue weighted by atomic mass is 9.87. The highest BCUT2D eigenvalue weighted by molar-refractivity contribution is 7.92. The topological polar surface area (TPSA) is 92.7 Å². The van der Waals surface area contributed by atoms with Gasteiger partial charge in [0.25, 0.3) is 0 Å². The minimum Gasteiger partial charge on any atom is -0.495 e. The lowest BCUT2D eigenvalue weighted by molar-refractivity contribution is -0.136. The Hall–Kier alpha value is -1.76. The third-order valence-corrected chi connectivity index (χ3v) is 4.19. The molecule has 0 unspecified atom stereocenters. The zero-order valence-electron chi connectivity index (χ0n) is 12.6. The molecule has 0 spiro atoms. The second-order valence-corrected chi connectivity index (χ2v) is 7.57. The number of benzene rings is 1. The Bertz CT molecular complexity index is 617. The largest absolute Gasteiger partial charge is 0.495 e. The van der Waals surface area contributed by atoms with Crippen LogP contribution in [0.5, 0.6) is 5.75 Å². The van der Waals surface area contributed by atoms with Gasteiger partial charge in [0.05, 0.1) is 25.0 Å². The molecule has 0 saturated heterocycles. The fraction of sp³-hybridized carbons (Fsp3) is 0.500. The average Bonchev–Trinajstić information content (AvgIpc) is 2.35. The molecule has 0 aromatic heterocycles. The molecule has 0 bridgehead atoms. The van der Waals surface area contributed by atoms with Gasteiger partial charge in [-0.2, -0.15) is 0 Å². The Balaban J connectivity index is 3.08. The summed E-state index contributed by atoms with van der Waals surface area (Å²) in [5, 5.41) is 8.58. The molecule has 2 N–H and O–H groups in total. The summed E-state index contributed by atoms with van der Waals surface area (Å²) >= 11 is 0. The molecule has 118 valence electrons. The number of carboxylic acids is 1. The van der Waals surface area contributed by atoms with Gasteiger partial charge in [-0.3, -0.25) is 9.52 Å². The molecule has 0 atom stereocenters. The summed E-state index contributed by atoms with van der Waals surface area (Å²) < 4.78 is 31.3. The predicted molar refractivity (Wildman–Crippen MR) is 81.4 cm³/mol. The van der Waals surface area contributed by atoms with E-state index < -0.39 is 28.2 Å². The number of hydrogen-bond donors (Lipinski definition) is 2. The van der Waals surface area contributed by atoms with E-state index in [9.17, 15) is 13.2 Å². The Morgan fingerprint density at radius 1 is 1.33 bits per heavy atom. The van der Waals surface area contributed by atoms with Crippen molar-refractivity contribution < 1.29 is 23.1 Å². The van der Waals surface area contributed by atoms with Crippen LogP contribution in [0.4, 0.5) is 5.69 Å². The maximum Gasteiger partial charge on any atom is 0.304 e. The summed E-state index contributed by atoms with van der Waals surface area (Å²) in [7, 11) is -2.29. The maximum absolute atomic E-state index is 11.9. The zero-order chi connectivity index (χ0) is 16.3. The van der Waals surface area contributed by atoms with Gasteiger partial charge < -0.3 is 9.84 Å². The van der Waals surface area contributed by atoms with Gasteiger partial charge in [-0.15, -0.1) is 0 Å². The third kappa shape index (κ3) is 5.26. The van der Waals surface area contributed by atoms with Crippen molar-refractivity contribution in [2.45, 2.75) is 32.6 Å². The van der Waals surface area contributed by atoms with E-state index in [-0.39, 0.29) is 5.41 Å². The Labute approximate surface area is 125 Å². The maximum atomic E-state index is 11.9. The SMILES string of the molecule is COc1ccc(C(C)(C)C)cc1NS(=O)(=O)CCC(=O)O. The Morgan fingerprint density at radius 3 is 2.43 bits per heavy atom. The Morgan fingerprint density at radius 2 is 1.95 bits per heavy atom. The highest BCUT2D eigenvalue weighted by Crippen LogP contribution is 2.32. The van der Waals surface area contributed by atoms with Crippen LogP contribution in [0.2, 0.25) is 0 Å². The lowest BCUT2D eigenvalue weighted by Crippen LogP contribution is -2.20. The van der Waals surface area contributed by atoms with E-state index in [1.54, 1.807) is 12.1 Å². The highest BCUT2D eigenvalue weighted by atomic mass is 32.2. The molecule has 1 aromatic carbocycles. The van der Waals surface area contributed by atoms with Crippen molar-refractivity contribution in [2.75, 3.05) is 17.6 Å². The smallest absolute Gasteiger partial charge is 0.304 e. The van der Waals surface area contributed by atoms with E-state index in [0.29, 0.717) is 11.4 Å². The third-order valence-electron chi connectivity index (χ3n) is 2.92. The van der Waals surface area contributed by atoms with E-state index >= 15 is 0 Å². The second-order valence-electron chi connectivity index (χ2n) is 5.73. The van der Waals surface area contributed by atoms with Crippen LogP contribution in [0.25, 0.3) is 0 Å². The quantitative estimate of drug-likeness (QED) is 0.839. The Kier molecular flexibility index (Phi) is 5.22. The molecular weight excluding hydrogens is 294 g/mol. The first-order valence-electron chi connectivity index (χ1n) is 6.46. The summed E-state index contributed by atoms with van der Waals surface area (Å²) in [5.41, 5.74) is 1.11. The number of rotatable bonds is 6. The number of nitrogens with one attached hydrogen (secondary N) is 1. The fourth-order valence-electron chi connectivity index (χ4n) is 1.69. The van der Waals surface area contributed by atoms with Gasteiger partial charge in [0.1, 0.15) is 5.75 Å². The van der Waals surface area contributed by atoms with E-state index in [1.807, 2.05) is 26.8 Å². The molecule has 7 heteroatoms. The van der Waals surface area contributed by atoms with Gasteiger partial charge in [-0.05, 0) is 23.1 Å². The molecule has 0 fully saturated rings. The van der Waals surface area contributed by atoms with Crippen LogP contribution in [0.3, 0.4) is 0 Å². The first-order valence-corrected chi connectivity index (χ1v) is 8.11. The normalized spacial score (nSPS) is 12.0. The molecule has 0 aliphatic carbocycles. The van der Waals surface area contributed by atoms with Crippen LogP contribution < -0.4 is 9.46 Å². The van der Waals surface area contributed by atoms with Crippen LogP contribution >= 0.6 is 0 Å². The van der Waals surface area contributed by atoms with Crippen LogP contribution in [-0.2, 0) is 20.2 Å². The van der Waals surface area contributed by atoms with Gasteiger partial charge in [-0.1, -0.05) is 26.8 Å². The fourth-order valence-corrected chi connectivity index (χ4v) is 2.73. The standard InChI is InChI=1S/C14H21NO5S/c1-14(2,3)10-5-6-12(20-4)11(9-10)15-21(18,19)8-7-13(16)17/h5-6,9,15H,7-8H2,1-4H3,(H,16,17). The van der Waals surface area contributed by atoms with Crippen molar-refractivity contribution in [3.63, 3.8) is 0 Å². The van der Waals surface area contributed by atoms with Crippen molar-refractivity contribution in [2.24, 2.45) is 0 Å². The summed E-state index contributed by atoms with van der Waals surface area (Å²) in [6, 6.07) is 5.26. The molecule has 21 heavy (non-hydrogen) atoms. The monoisotopic (exact) mass is 315 g/mol. The van der Waals surface area contributed by atoms with Gasteiger partial charge in [0.15, 0.2) is 0 Å². The first kappa shape index (κ1) is 17.3. The number of ether oxygens (including phenoxy) is 1. The molecule has 1 rings (SSSR count). The number of sulfonamides is 1. The number of aliphatic carboxylic acids is 1. The first-order chi connectivity index (χ1) is 9.55. The minimum atomic E-state index is -3.74. The van der Waals surface area contributed by atoms with Gasteiger partial charge in [0.2, 0.25) is 10.0 Å². The summed E-state index contributed by atoms with van der Waals surface area (Å²) in [6.45, 7) is 6.03. The number of methoxy groups -OCH3 is 1. The summed E-state index contributed by atoms with van der Waals surface area (Å²) in [6.07, 6.45) is -0.448. The summed E-state index contributed by atoms with van der Waals surface area (Å²) in [4.78, 5) is 10.5. The number of carboxylic acid groups (broad SMARTS) is 1.